The van der Waals surface area contributed by atoms with Gasteiger partial charge in [0.05, 0.1) is 22.8 Å². The van der Waals surface area contributed by atoms with Crippen molar-refractivity contribution in [3.63, 3.8) is 0 Å². The predicted octanol–water partition coefficient (Wildman–Crippen LogP) is 1.66. The molecule has 0 spiro atoms. The maximum Gasteiger partial charge on any atom is 0.0716 e. The highest BCUT2D eigenvalue weighted by Gasteiger charge is 2.04. The average Bonchev–Trinajstić information content (AvgIpc) is 2.43. The lowest BCUT2D eigenvalue weighted by molar-refractivity contribution is 1.23. The van der Waals surface area contributed by atoms with Crippen LogP contribution in [-0.2, 0) is 0 Å². The normalized spacial score (nSPS) is 13.5. The van der Waals surface area contributed by atoms with E-state index in [9.17, 15) is 0 Å². The first-order valence-electron chi connectivity index (χ1n) is 5.95. The van der Waals surface area contributed by atoms with E-state index in [1.54, 1.807) is 6.08 Å². The highest BCUT2D eigenvalue weighted by molar-refractivity contribution is 5.80. The Labute approximate surface area is 113 Å². The van der Waals surface area contributed by atoms with Crippen molar-refractivity contribution in [3.8, 4) is 0 Å². The van der Waals surface area contributed by atoms with Gasteiger partial charge in [-0.15, -0.1) is 0 Å². The Morgan fingerprint density at radius 1 is 1.11 bits per heavy atom. The van der Waals surface area contributed by atoms with Gasteiger partial charge in [0.1, 0.15) is 0 Å². The molecule has 0 heterocycles. The molecule has 19 heavy (non-hydrogen) atoms. The molecule has 0 amide bonds. The summed E-state index contributed by atoms with van der Waals surface area (Å²) in [6.45, 7) is 3.77. The van der Waals surface area contributed by atoms with Gasteiger partial charge in [-0.1, -0.05) is 18.2 Å². The topological polar surface area (TPSA) is 116 Å². The molecule has 0 aliphatic carbocycles. The monoisotopic (exact) mass is 259 g/mol. The molecule has 0 aliphatic heterocycles. The Bertz CT molecular complexity index is 541. The molecule has 0 saturated heterocycles. The summed E-state index contributed by atoms with van der Waals surface area (Å²) >= 11 is 0. The summed E-state index contributed by atoms with van der Waals surface area (Å²) in [6.07, 6.45) is 5.52. The maximum atomic E-state index is 5.90. The number of nitrogen functional groups attached to an aromatic ring is 2. The van der Waals surface area contributed by atoms with Gasteiger partial charge in [0.15, 0.2) is 0 Å². The fourth-order valence-corrected chi connectivity index (χ4v) is 1.62. The minimum Gasteiger partial charge on any atom is -0.397 e. The van der Waals surface area contributed by atoms with E-state index in [1.807, 2.05) is 44.2 Å². The number of nitrogens with one attached hydrogen (secondary N) is 1. The zero-order valence-electron chi connectivity index (χ0n) is 11.3. The zero-order valence-corrected chi connectivity index (χ0v) is 11.3. The quantitative estimate of drug-likeness (QED) is 0.244. The van der Waals surface area contributed by atoms with Crippen molar-refractivity contribution >= 4 is 16.9 Å². The number of anilines is 2. The van der Waals surface area contributed by atoms with Gasteiger partial charge in [-0.25, -0.2) is 0 Å². The van der Waals surface area contributed by atoms with E-state index in [1.165, 1.54) is 0 Å². The lowest BCUT2D eigenvalue weighted by atomic mass is 10.0. The minimum absolute atomic E-state index is 0.523. The van der Waals surface area contributed by atoms with Crippen LogP contribution in [0.5, 0.6) is 0 Å². The van der Waals surface area contributed by atoms with Gasteiger partial charge in [0, 0.05) is 0 Å². The molecular formula is C14H21N5. The van der Waals surface area contributed by atoms with Crippen LogP contribution in [-0.4, -0.2) is 0 Å². The third-order valence-electron chi connectivity index (χ3n) is 2.81. The first kappa shape index (κ1) is 14.7. The van der Waals surface area contributed by atoms with Crippen molar-refractivity contribution in [3.05, 3.63) is 53.4 Å². The molecule has 0 saturated carbocycles. The molecule has 1 rings (SSSR count). The van der Waals surface area contributed by atoms with Gasteiger partial charge in [-0.2, -0.15) is 0 Å². The van der Waals surface area contributed by atoms with Crippen LogP contribution in [0.1, 0.15) is 19.4 Å². The molecule has 0 radical (unpaired) electrons. The summed E-state index contributed by atoms with van der Waals surface area (Å²) in [5, 5.41) is 0. The molecule has 0 bridgehead atoms. The molecule has 1 aromatic rings. The molecule has 9 N–H and O–H groups in total. The third kappa shape index (κ3) is 3.53. The number of hydrazine groups is 1. The Kier molecular flexibility index (Phi) is 5.02. The molecule has 5 nitrogen and oxygen atoms in total. The molecule has 0 unspecified atom stereocenters. The van der Waals surface area contributed by atoms with Gasteiger partial charge in [0.25, 0.3) is 0 Å². The fraction of sp³-hybridized carbons (Fsp3) is 0.143. The maximum absolute atomic E-state index is 5.90. The number of hydrogen-bond acceptors (Lipinski definition) is 5. The van der Waals surface area contributed by atoms with Crippen LogP contribution in [0.15, 0.2) is 47.8 Å². The van der Waals surface area contributed by atoms with Crippen molar-refractivity contribution in [2.75, 3.05) is 11.2 Å². The molecule has 0 fully saturated rings. The van der Waals surface area contributed by atoms with Crippen LogP contribution in [0.4, 0.5) is 11.4 Å². The zero-order chi connectivity index (χ0) is 14.4. The van der Waals surface area contributed by atoms with Crippen molar-refractivity contribution in [1.82, 2.24) is 0 Å². The third-order valence-corrected chi connectivity index (χ3v) is 2.81. The van der Waals surface area contributed by atoms with E-state index in [-0.39, 0.29) is 0 Å². The minimum atomic E-state index is 0.523. The molecule has 1 aromatic carbocycles. The second kappa shape index (κ2) is 6.51. The van der Waals surface area contributed by atoms with Crippen LogP contribution < -0.4 is 28.5 Å². The standard InChI is InChI=1S/C14H21N5/c1-3-9(7-12(16)11(15)4-2)10-5-6-14(19-18)13(17)8-10/h3-8,19H,15-18H2,1-2H3/b9-3+,11-4+,12-7+. The smallest absolute Gasteiger partial charge is 0.0716 e. The summed E-state index contributed by atoms with van der Waals surface area (Å²) in [5.74, 6) is 5.35. The van der Waals surface area contributed by atoms with Crippen LogP contribution in [0.2, 0.25) is 0 Å². The van der Waals surface area contributed by atoms with Crippen molar-refractivity contribution < 1.29 is 0 Å². The number of benzene rings is 1. The van der Waals surface area contributed by atoms with Crippen molar-refractivity contribution in [1.29, 1.82) is 0 Å². The van der Waals surface area contributed by atoms with Crippen LogP contribution in [0, 0.1) is 0 Å². The Morgan fingerprint density at radius 2 is 1.79 bits per heavy atom. The molecule has 0 atom stereocenters. The largest absolute Gasteiger partial charge is 0.397 e. The summed E-state index contributed by atoms with van der Waals surface area (Å²) in [6, 6.07) is 5.56. The number of nitrogens with two attached hydrogens (primary N) is 4. The number of hydrogen-bond donors (Lipinski definition) is 5. The van der Waals surface area contributed by atoms with Gasteiger partial charge in [-0.3, -0.25) is 5.84 Å². The number of rotatable bonds is 4. The molecule has 0 aromatic heterocycles. The molecule has 5 heteroatoms. The highest BCUT2D eigenvalue weighted by Crippen LogP contribution is 2.25. The molecule has 0 aliphatic rings. The second-order valence-corrected chi connectivity index (χ2v) is 4.03. The molecule has 102 valence electrons. The van der Waals surface area contributed by atoms with E-state index in [0.717, 1.165) is 11.1 Å². The summed E-state index contributed by atoms with van der Waals surface area (Å²) in [7, 11) is 0. The Balaban J connectivity index is 3.16. The lowest BCUT2D eigenvalue weighted by Crippen LogP contribution is -2.10. The van der Waals surface area contributed by atoms with Crippen LogP contribution in [0.3, 0.4) is 0 Å². The van der Waals surface area contributed by atoms with E-state index in [4.69, 9.17) is 23.0 Å². The first-order valence-corrected chi connectivity index (χ1v) is 5.95. The summed E-state index contributed by atoms with van der Waals surface area (Å²) < 4.78 is 0. The number of allylic oxidation sites excluding steroid dienone is 4. The predicted molar refractivity (Wildman–Crippen MR) is 82.5 cm³/mol. The van der Waals surface area contributed by atoms with Gasteiger partial charge in [-0.05, 0) is 43.2 Å². The molecular weight excluding hydrogens is 238 g/mol. The second-order valence-electron chi connectivity index (χ2n) is 4.03. The van der Waals surface area contributed by atoms with E-state index in [0.29, 0.717) is 22.8 Å². The highest BCUT2D eigenvalue weighted by atomic mass is 15.2. The summed E-state index contributed by atoms with van der Waals surface area (Å²) in [5.41, 5.74) is 24.3. The van der Waals surface area contributed by atoms with Crippen LogP contribution in [0.25, 0.3) is 5.57 Å². The van der Waals surface area contributed by atoms with Gasteiger partial charge in [0.2, 0.25) is 0 Å². The van der Waals surface area contributed by atoms with Crippen molar-refractivity contribution in [2.45, 2.75) is 13.8 Å². The fourth-order valence-electron chi connectivity index (χ4n) is 1.62. The van der Waals surface area contributed by atoms with E-state index >= 15 is 0 Å². The van der Waals surface area contributed by atoms with Crippen LogP contribution >= 0.6 is 0 Å². The van der Waals surface area contributed by atoms with Gasteiger partial charge < -0.3 is 22.6 Å². The average molecular weight is 259 g/mol. The van der Waals surface area contributed by atoms with Crippen molar-refractivity contribution in [2.24, 2.45) is 17.3 Å². The van der Waals surface area contributed by atoms with E-state index in [2.05, 4.69) is 5.43 Å². The van der Waals surface area contributed by atoms with E-state index < -0.39 is 0 Å². The first-order chi connectivity index (χ1) is 9.03. The SMILES string of the molecule is C\C=C(N)/C(N)=C\C(=C/C)c1ccc(NN)c(N)c1. The summed E-state index contributed by atoms with van der Waals surface area (Å²) in [4.78, 5) is 0. The lowest BCUT2D eigenvalue weighted by Gasteiger charge is -2.09. The van der Waals surface area contributed by atoms with Gasteiger partial charge >= 0.3 is 0 Å². The Morgan fingerprint density at radius 3 is 2.26 bits per heavy atom. The Hall–Kier alpha value is -2.40.